The fourth-order valence-corrected chi connectivity index (χ4v) is 6.13. The fraction of sp³-hybridized carbons (Fsp3) is 0.333. The second-order valence-electron chi connectivity index (χ2n) is 9.62. The van der Waals surface area contributed by atoms with Crippen LogP contribution in [0.2, 0.25) is 10.0 Å². The SMILES string of the molecule is CC[C@@H](C)NC(=O)[C@@H](CC)N(Cc1c(Cl)cccc1Cl)C(=O)CN(c1ccc(C)cc1)S(=O)(=O)c1ccccc1. The predicted octanol–water partition coefficient (Wildman–Crippen LogP) is 6.22. The molecule has 7 nitrogen and oxygen atoms in total. The van der Waals surface area contributed by atoms with E-state index in [1.807, 2.05) is 20.8 Å². The summed E-state index contributed by atoms with van der Waals surface area (Å²) in [6, 6.07) is 18.8. The first kappa shape index (κ1) is 31.5. The molecule has 0 spiro atoms. The van der Waals surface area contributed by atoms with Crippen molar-refractivity contribution in [1.82, 2.24) is 10.2 Å². The summed E-state index contributed by atoms with van der Waals surface area (Å²) in [7, 11) is -4.13. The van der Waals surface area contributed by atoms with Crippen molar-refractivity contribution in [3.63, 3.8) is 0 Å². The molecule has 0 unspecified atom stereocenters. The minimum atomic E-state index is -4.13. The zero-order chi connectivity index (χ0) is 29.4. The molecule has 0 saturated heterocycles. The molecule has 1 N–H and O–H groups in total. The van der Waals surface area contributed by atoms with Crippen LogP contribution in [0.15, 0.2) is 77.7 Å². The molecule has 3 aromatic carbocycles. The molecule has 3 rings (SSSR count). The lowest BCUT2D eigenvalue weighted by Gasteiger charge is -2.34. The minimum Gasteiger partial charge on any atom is -0.352 e. The highest BCUT2D eigenvalue weighted by Gasteiger charge is 2.34. The van der Waals surface area contributed by atoms with Crippen LogP contribution in [-0.2, 0) is 26.2 Å². The lowest BCUT2D eigenvalue weighted by atomic mass is 10.1. The number of halogens is 2. The Bertz CT molecular complexity index is 1400. The molecular formula is C30H35Cl2N3O4S. The number of carbonyl (C=O) groups excluding carboxylic acids is 2. The molecule has 0 saturated carbocycles. The third-order valence-electron chi connectivity index (χ3n) is 6.71. The van der Waals surface area contributed by atoms with Crippen molar-refractivity contribution in [2.75, 3.05) is 10.8 Å². The van der Waals surface area contributed by atoms with Gasteiger partial charge in [0, 0.05) is 28.2 Å². The smallest absolute Gasteiger partial charge is 0.264 e. The van der Waals surface area contributed by atoms with Crippen LogP contribution >= 0.6 is 23.2 Å². The van der Waals surface area contributed by atoms with Gasteiger partial charge >= 0.3 is 0 Å². The molecule has 40 heavy (non-hydrogen) atoms. The van der Waals surface area contributed by atoms with Crippen molar-refractivity contribution < 1.29 is 18.0 Å². The second kappa shape index (κ2) is 14.0. The first-order valence-electron chi connectivity index (χ1n) is 13.2. The highest BCUT2D eigenvalue weighted by Crippen LogP contribution is 2.29. The molecule has 2 atom stereocenters. The van der Waals surface area contributed by atoms with Crippen molar-refractivity contribution in [3.05, 3.63) is 94.0 Å². The topological polar surface area (TPSA) is 86.8 Å². The van der Waals surface area contributed by atoms with E-state index in [0.717, 1.165) is 9.87 Å². The van der Waals surface area contributed by atoms with Crippen molar-refractivity contribution in [1.29, 1.82) is 0 Å². The van der Waals surface area contributed by atoms with Crippen molar-refractivity contribution >= 4 is 50.7 Å². The van der Waals surface area contributed by atoms with E-state index in [1.165, 1.54) is 17.0 Å². The van der Waals surface area contributed by atoms with E-state index in [0.29, 0.717) is 34.1 Å². The average Bonchev–Trinajstić information content (AvgIpc) is 2.93. The molecule has 0 bridgehead atoms. The largest absolute Gasteiger partial charge is 0.352 e. The molecule has 0 heterocycles. The Hall–Kier alpha value is -3.07. The van der Waals surface area contributed by atoms with Crippen molar-refractivity contribution in [2.45, 2.75) is 64.1 Å². The molecule has 10 heteroatoms. The van der Waals surface area contributed by atoms with Gasteiger partial charge in [0.15, 0.2) is 0 Å². The molecule has 0 aliphatic carbocycles. The normalized spacial score (nSPS) is 12.8. The lowest BCUT2D eigenvalue weighted by Crippen LogP contribution is -2.53. The van der Waals surface area contributed by atoms with E-state index >= 15 is 0 Å². The van der Waals surface area contributed by atoms with E-state index in [9.17, 15) is 18.0 Å². The molecule has 214 valence electrons. The number of rotatable bonds is 12. The highest BCUT2D eigenvalue weighted by atomic mass is 35.5. The molecular weight excluding hydrogens is 569 g/mol. The summed E-state index contributed by atoms with van der Waals surface area (Å²) >= 11 is 12.9. The summed E-state index contributed by atoms with van der Waals surface area (Å²) in [6.45, 7) is 6.92. The van der Waals surface area contributed by atoms with Gasteiger partial charge in [-0.25, -0.2) is 8.42 Å². The van der Waals surface area contributed by atoms with Crippen LogP contribution in [0.5, 0.6) is 0 Å². The Morgan fingerprint density at radius 3 is 2.02 bits per heavy atom. The maximum absolute atomic E-state index is 14.1. The Labute approximate surface area is 247 Å². The number of hydrogen-bond donors (Lipinski definition) is 1. The standard InChI is InChI=1S/C30H35Cl2N3O4S/c1-5-22(4)33-30(37)28(6-2)34(19-25-26(31)13-10-14-27(25)32)29(36)20-35(23-17-15-21(3)16-18-23)40(38,39)24-11-8-7-9-12-24/h7-18,22,28H,5-6,19-20H2,1-4H3,(H,33,37)/t22-,28-/m1/s1. The monoisotopic (exact) mass is 603 g/mol. The number of benzene rings is 3. The van der Waals surface area contributed by atoms with Gasteiger partial charge < -0.3 is 10.2 Å². The van der Waals surface area contributed by atoms with Gasteiger partial charge in [-0.3, -0.25) is 13.9 Å². The maximum atomic E-state index is 14.1. The van der Waals surface area contributed by atoms with Crippen LogP contribution in [-0.4, -0.2) is 43.8 Å². The van der Waals surface area contributed by atoms with Crippen LogP contribution < -0.4 is 9.62 Å². The van der Waals surface area contributed by atoms with Crippen LogP contribution in [0.3, 0.4) is 0 Å². The molecule has 0 radical (unpaired) electrons. The van der Waals surface area contributed by atoms with Gasteiger partial charge in [0.2, 0.25) is 11.8 Å². The quantitative estimate of drug-likeness (QED) is 0.266. The van der Waals surface area contributed by atoms with Gasteiger partial charge in [0.25, 0.3) is 10.0 Å². The van der Waals surface area contributed by atoms with E-state index in [2.05, 4.69) is 5.32 Å². The number of sulfonamides is 1. The number of hydrogen-bond acceptors (Lipinski definition) is 4. The summed E-state index contributed by atoms with van der Waals surface area (Å²) in [6.07, 6.45) is 1.01. The van der Waals surface area contributed by atoms with Gasteiger partial charge in [0.05, 0.1) is 10.6 Å². The zero-order valence-corrected chi connectivity index (χ0v) is 25.4. The van der Waals surface area contributed by atoms with Crippen molar-refractivity contribution in [3.8, 4) is 0 Å². The van der Waals surface area contributed by atoms with Gasteiger partial charge in [-0.2, -0.15) is 0 Å². The number of anilines is 1. The molecule has 0 aromatic heterocycles. The fourth-order valence-electron chi connectivity index (χ4n) is 4.17. The van der Waals surface area contributed by atoms with Crippen LogP contribution in [0.4, 0.5) is 5.69 Å². The molecule has 2 amide bonds. The van der Waals surface area contributed by atoms with E-state index in [1.54, 1.807) is 67.6 Å². The van der Waals surface area contributed by atoms with Gasteiger partial charge in [-0.1, -0.05) is 79.0 Å². The third kappa shape index (κ3) is 7.56. The van der Waals surface area contributed by atoms with Crippen LogP contribution in [0, 0.1) is 6.92 Å². The van der Waals surface area contributed by atoms with Gasteiger partial charge in [0.1, 0.15) is 12.6 Å². The minimum absolute atomic E-state index is 0.0469. The number of nitrogens with zero attached hydrogens (tertiary/aromatic N) is 2. The average molecular weight is 605 g/mol. The number of aryl methyl sites for hydroxylation is 1. The van der Waals surface area contributed by atoms with Crippen molar-refractivity contribution in [2.24, 2.45) is 0 Å². The van der Waals surface area contributed by atoms with Gasteiger partial charge in [-0.15, -0.1) is 0 Å². The summed E-state index contributed by atoms with van der Waals surface area (Å²) in [5.74, 6) is -0.900. The summed E-state index contributed by atoms with van der Waals surface area (Å²) in [4.78, 5) is 28.9. The summed E-state index contributed by atoms with van der Waals surface area (Å²) < 4.78 is 28.7. The van der Waals surface area contributed by atoms with Gasteiger partial charge in [-0.05, 0) is 63.1 Å². The predicted molar refractivity (Wildman–Crippen MR) is 161 cm³/mol. The Balaban J connectivity index is 2.08. The van der Waals surface area contributed by atoms with E-state index in [-0.39, 0.29) is 23.4 Å². The second-order valence-corrected chi connectivity index (χ2v) is 12.3. The van der Waals surface area contributed by atoms with E-state index < -0.39 is 28.5 Å². The Kier molecular flexibility index (Phi) is 11.0. The van der Waals surface area contributed by atoms with Crippen LogP contribution in [0.1, 0.15) is 44.7 Å². The van der Waals surface area contributed by atoms with Crippen LogP contribution in [0.25, 0.3) is 0 Å². The Morgan fingerprint density at radius 1 is 0.875 bits per heavy atom. The number of nitrogens with one attached hydrogen (secondary N) is 1. The molecule has 3 aromatic rings. The third-order valence-corrected chi connectivity index (χ3v) is 9.21. The maximum Gasteiger partial charge on any atom is 0.264 e. The highest BCUT2D eigenvalue weighted by molar-refractivity contribution is 7.92. The molecule has 0 aliphatic heterocycles. The number of amides is 2. The summed E-state index contributed by atoms with van der Waals surface area (Å²) in [5, 5.41) is 3.63. The lowest BCUT2D eigenvalue weighted by molar-refractivity contribution is -0.140. The molecule has 0 fully saturated rings. The summed E-state index contributed by atoms with van der Waals surface area (Å²) in [5.41, 5.74) is 1.74. The number of carbonyl (C=O) groups is 2. The Morgan fingerprint density at radius 2 is 1.48 bits per heavy atom. The zero-order valence-electron chi connectivity index (χ0n) is 23.1. The molecule has 0 aliphatic rings. The van der Waals surface area contributed by atoms with E-state index in [4.69, 9.17) is 23.2 Å². The first-order chi connectivity index (χ1) is 19.0. The first-order valence-corrected chi connectivity index (χ1v) is 15.4.